The number of carbonyl (C=O) groups is 2. The highest BCUT2D eigenvalue weighted by Gasteiger charge is 2.10. The summed E-state index contributed by atoms with van der Waals surface area (Å²) in [6.45, 7) is -2.61. The smallest absolute Gasteiger partial charge is 0.387 e. The topological polar surface area (TPSA) is 73.9 Å². The monoisotopic (exact) mass is 343 g/mol. The molecule has 132 valence electrons. The van der Waals surface area contributed by atoms with Crippen molar-refractivity contribution in [1.29, 1.82) is 0 Å². The van der Waals surface area contributed by atoms with Crippen molar-refractivity contribution in [2.24, 2.45) is 0 Å². The van der Waals surface area contributed by atoms with Gasteiger partial charge in [-0.15, -0.1) is 0 Å². The van der Waals surface area contributed by atoms with Crippen LogP contribution in [0, 0.1) is 0 Å². The maximum Gasteiger partial charge on any atom is 0.387 e. The molecule has 1 rings (SSSR count). The average Bonchev–Trinajstić information content (AvgIpc) is 2.56. The van der Waals surface area contributed by atoms with E-state index in [1.54, 1.807) is 0 Å². The quantitative estimate of drug-likeness (QED) is 0.423. The van der Waals surface area contributed by atoms with E-state index in [-0.39, 0.29) is 29.8 Å². The number of methoxy groups -OCH3 is 2. The molecule has 0 saturated carbocycles. The fourth-order valence-electron chi connectivity index (χ4n) is 1.76. The van der Waals surface area contributed by atoms with E-state index in [4.69, 9.17) is 4.74 Å². The molecule has 0 spiro atoms. The van der Waals surface area contributed by atoms with E-state index in [0.717, 1.165) is 0 Å². The van der Waals surface area contributed by atoms with Gasteiger partial charge in [0.2, 0.25) is 5.91 Å². The minimum atomic E-state index is -2.95. The minimum Gasteiger partial charge on any atom is -0.493 e. The third-order valence-electron chi connectivity index (χ3n) is 2.92. The van der Waals surface area contributed by atoms with Crippen molar-refractivity contribution in [2.45, 2.75) is 19.5 Å². The molecule has 8 heteroatoms. The largest absolute Gasteiger partial charge is 0.493 e. The van der Waals surface area contributed by atoms with Crippen molar-refractivity contribution in [3.8, 4) is 11.5 Å². The number of hydrogen-bond acceptors (Lipinski definition) is 5. The van der Waals surface area contributed by atoms with Crippen LogP contribution in [0.2, 0.25) is 0 Å². The van der Waals surface area contributed by atoms with E-state index >= 15 is 0 Å². The first-order valence-electron chi connectivity index (χ1n) is 7.12. The van der Waals surface area contributed by atoms with Crippen molar-refractivity contribution in [3.63, 3.8) is 0 Å². The number of rotatable bonds is 9. The zero-order valence-corrected chi connectivity index (χ0v) is 13.4. The van der Waals surface area contributed by atoms with Crippen LogP contribution >= 0.6 is 0 Å². The summed E-state index contributed by atoms with van der Waals surface area (Å²) in [5, 5.41) is 2.61. The molecule has 0 aromatic heterocycles. The van der Waals surface area contributed by atoms with Gasteiger partial charge in [0.25, 0.3) is 0 Å². The SMILES string of the molecule is COC(=O)CCCNC(=O)/C=C/c1ccc(OC(F)F)c(OC)c1. The summed E-state index contributed by atoms with van der Waals surface area (Å²) < 4.78 is 38.2. The molecule has 1 aromatic carbocycles. The van der Waals surface area contributed by atoms with Gasteiger partial charge in [0.05, 0.1) is 14.2 Å². The minimum absolute atomic E-state index is 0.0862. The highest BCUT2D eigenvalue weighted by molar-refractivity contribution is 5.91. The van der Waals surface area contributed by atoms with Gasteiger partial charge in [-0.05, 0) is 30.2 Å². The molecule has 0 aliphatic heterocycles. The number of halogens is 2. The van der Waals surface area contributed by atoms with Crippen LogP contribution < -0.4 is 14.8 Å². The van der Waals surface area contributed by atoms with Gasteiger partial charge in [-0.2, -0.15) is 8.78 Å². The highest BCUT2D eigenvalue weighted by Crippen LogP contribution is 2.29. The summed E-state index contributed by atoms with van der Waals surface area (Å²) in [6, 6.07) is 4.32. The molecule has 0 saturated heterocycles. The normalized spacial score (nSPS) is 10.7. The van der Waals surface area contributed by atoms with E-state index < -0.39 is 6.61 Å². The first kappa shape index (κ1) is 19.4. The molecule has 0 unspecified atom stereocenters. The number of carbonyl (C=O) groups excluding carboxylic acids is 2. The van der Waals surface area contributed by atoms with Crippen LogP contribution in [0.1, 0.15) is 18.4 Å². The molecule has 1 aromatic rings. The Bertz CT molecular complexity index is 590. The molecule has 24 heavy (non-hydrogen) atoms. The average molecular weight is 343 g/mol. The Morgan fingerprint density at radius 2 is 2.00 bits per heavy atom. The first-order valence-corrected chi connectivity index (χ1v) is 7.12. The van der Waals surface area contributed by atoms with E-state index in [1.165, 1.54) is 44.6 Å². The lowest BCUT2D eigenvalue weighted by atomic mass is 10.2. The van der Waals surface area contributed by atoms with Gasteiger partial charge in [0.15, 0.2) is 11.5 Å². The Balaban J connectivity index is 2.54. The lowest BCUT2D eigenvalue weighted by molar-refractivity contribution is -0.140. The van der Waals surface area contributed by atoms with Crippen LogP contribution in [0.5, 0.6) is 11.5 Å². The highest BCUT2D eigenvalue weighted by atomic mass is 19.3. The van der Waals surface area contributed by atoms with Gasteiger partial charge in [0, 0.05) is 19.0 Å². The molecule has 1 N–H and O–H groups in total. The van der Waals surface area contributed by atoms with Crippen LogP contribution in [-0.4, -0.2) is 39.3 Å². The maximum atomic E-state index is 12.2. The van der Waals surface area contributed by atoms with E-state index in [1.807, 2.05) is 0 Å². The van der Waals surface area contributed by atoms with Crippen molar-refractivity contribution in [1.82, 2.24) is 5.32 Å². The first-order chi connectivity index (χ1) is 11.5. The summed E-state index contributed by atoms with van der Waals surface area (Å²) in [4.78, 5) is 22.5. The van der Waals surface area contributed by atoms with Gasteiger partial charge >= 0.3 is 12.6 Å². The summed E-state index contributed by atoms with van der Waals surface area (Å²) in [5.41, 5.74) is 0.582. The molecule has 6 nitrogen and oxygen atoms in total. The molecule has 0 aliphatic rings. The Morgan fingerprint density at radius 3 is 2.62 bits per heavy atom. The summed E-state index contributed by atoms with van der Waals surface area (Å²) in [7, 11) is 2.63. The molecule has 1 amide bonds. The Hall–Kier alpha value is -2.64. The zero-order valence-electron chi connectivity index (χ0n) is 13.4. The molecule has 0 fully saturated rings. The predicted molar refractivity (Wildman–Crippen MR) is 82.9 cm³/mol. The number of alkyl halides is 2. The molecule has 0 heterocycles. The molecular formula is C16H19F2NO5. The van der Waals surface area contributed by atoms with Gasteiger partial charge in [0.1, 0.15) is 0 Å². The second-order valence-electron chi connectivity index (χ2n) is 4.59. The third-order valence-corrected chi connectivity index (χ3v) is 2.92. The van der Waals surface area contributed by atoms with Gasteiger partial charge in [-0.1, -0.05) is 6.07 Å². The fraction of sp³-hybridized carbons (Fsp3) is 0.375. The van der Waals surface area contributed by atoms with Crippen LogP contribution in [0.15, 0.2) is 24.3 Å². The fourth-order valence-corrected chi connectivity index (χ4v) is 1.76. The maximum absolute atomic E-state index is 12.2. The standard InChI is InChI=1S/C16H19F2NO5/c1-22-13-10-11(5-7-12(13)24-16(17)18)6-8-14(20)19-9-3-4-15(21)23-2/h5-8,10,16H,3-4,9H2,1-2H3,(H,19,20)/b8-6+. The number of esters is 1. The van der Waals surface area contributed by atoms with E-state index in [0.29, 0.717) is 18.5 Å². The Kier molecular flexibility index (Phi) is 8.24. The second kappa shape index (κ2) is 10.2. The van der Waals surface area contributed by atoms with Gasteiger partial charge in [-0.25, -0.2) is 0 Å². The number of benzene rings is 1. The Morgan fingerprint density at radius 1 is 1.25 bits per heavy atom. The predicted octanol–water partition coefficient (Wildman–Crippen LogP) is 2.38. The molecule has 0 radical (unpaired) electrons. The van der Waals surface area contributed by atoms with E-state index in [9.17, 15) is 18.4 Å². The number of ether oxygens (including phenoxy) is 3. The summed E-state index contributed by atoms with van der Waals surface area (Å²) in [5.74, 6) is -0.627. The van der Waals surface area contributed by atoms with E-state index in [2.05, 4.69) is 14.8 Å². The van der Waals surface area contributed by atoms with Crippen molar-refractivity contribution >= 4 is 18.0 Å². The van der Waals surface area contributed by atoms with Crippen molar-refractivity contribution in [2.75, 3.05) is 20.8 Å². The van der Waals surface area contributed by atoms with Crippen LogP contribution in [0.4, 0.5) is 8.78 Å². The summed E-state index contributed by atoms with van der Waals surface area (Å²) >= 11 is 0. The summed E-state index contributed by atoms with van der Waals surface area (Å²) in [6.07, 6.45) is 3.49. The molecule has 0 atom stereocenters. The molecular weight excluding hydrogens is 324 g/mol. The van der Waals surface area contributed by atoms with Crippen LogP contribution in [-0.2, 0) is 14.3 Å². The zero-order chi connectivity index (χ0) is 17.9. The third kappa shape index (κ3) is 7.08. The number of nitrogens with one attached hydrogen (secondary N) is 1. The van der Waals surface area contributed by atoms with Gasteiger partial charge < -0.3 is 19.5 Å². The lowest BCUT2D eigenvalue weighted by Gasteiger charge is -2.10. The lowest BCUT2D eigenvalue weighted by Crippen LogP contribution is -2.22. The van der Waals surface area contributed by atoms with Crippen LogP contribution in [0.3, 0.4) is 0 Å². The van der Waals surface area contributed by atoms with Gasteiger partial charge in [-0.3, -0.25) is 9.59 Å². The number of amides is 1. The van der Waals surface area contributed by atoms with Crippen LogP contribution in [0.25, 0.3) is 6.08 Å². The van der Waals surface area contributed by atoms with Crippen molar-refractivity contribution < 1.29 is 32.6 Å². The second-order valence-corrected chi connectivity index (χ2v) is 4.59. The molecule has 0 aliphatic carbocycles. The Labute approximate surface area is 138 Å². The number of hydrogen-bond donors (Lipinski definition) is 1. The molecule has 0 bridgehead atoms. The van der Waals surface area contributed by atoms with Crippen molar-refractivity contribution in [3.05, 3.63) is 29.8 Å².